The molecule has 1 aromatic rings. The summed E-state index contributed by atoms with van der Waals surface area (Å²) in [5.74, 6) is 0. The molecule has 0 radical (unpaired) electrons. The number of hydrogen-bond donors (Lipinski definition) is 3. The minimum absolute atomic E-state index is 0.333. The van der Waals surface area contributed by atoms with E-state index in [1.165, 1.54) is 0 Å². The molecular weight excluding hydrogens is 186 g/mol. The van der Waals surface area contributed by atoms with E-state index in [2.05, 4.69) is 0 Å². The zero-order chi connectivity index (χ0) is 10.3. The third kappa shape index (κ3) is 1.07. The lowest BCUT2D eigenvalue weighted by Gasteiger charge is -2.18. The van der Waals surface area contributed by atoms with Gasteiger partial charge in [0.15, 0.2) is 6.23 Å². The molecule has 0 spiro atoms. The van der Waals surface area contributed by atoms with Crippen LogP contribution in [0.25, 0.3) is 0 Å². The van der Waals surface area contributed by atoms with Crippen molar-refractivity contribution in [2.24, 2.45) is 0 Å². The molecule has 0 bridgehead atoms. The second-order valence-corrected chi connectivity index (χ2v) is 3.07. The van der Waals surface area contributed by atoms with Gasteiger partial charge in [-0.1, -0.05) is 18.2 Å². The summed E-state index contributed by atoms with van der Waals surface area (Å²) in [7, 11) is 0. The molecule has 74 valence electrons. The maximum absolute atomic E-state index is 10.8. The number of aliphatic hydroxyl groups excluding tert-OH is 2. The van der Waals surface area contributed by atoms with Crippen LogP contribution in [0.4, 0.5) is 10.5 Å². The molecule has 0 saturated heterocycles. The number of para-hydroxylation sites is 1. The zero-order valence-electron chi connectivity index (χ0n) is 7.16. The van der Waals surface area contributed by atoms with Crippen molar-refractivity contribution in [3.05, 3.63) is 29.8 Å². The van der Waals surface area contributed by atoms with Crippen molar-refractivity contribution in [2.75, 3.05) is 4.90 Å². The van der Waals surface area contributed by atoms with Crippen molar-refractivity contribution >= 4 is 11.8 Å². The Hall–Kier alpha value is -1.59. The number of nitrogens with zero attached hydrogens (tertiary/aromatic N) is 1. The van der Waals surface area contributed by atoms with Gasteiger partial charge < -0.3 is 15.3 Å². The predicted octanol–water partition coefficient (Wildman–Crippen LogP) is 0.536. The van der Waals surface area contributed by atoms with Gasteiger partial charge in [0.1, 0.15) is 6.10 Å². The molecule has 0 fully saturated rings. The van der Waals surface area contributed by atoms with Crippen LogP contribution in [0.1, 0.15) is 11.7 Å². The molecule has 2 unspecified atom stereocenters. The van der Waals surface area contributed by atoms with Gasteiger partial charge in [0, 0.05) is 5.56 Å². The number of carboxylic acid groups (broad SMARTS) is 1. The molecule has 2 atom stereocenters. The van der Waals surface area contributed by atoms with E-state index in [4.69, 9.17) is 5.11 Å². The van der Waals surface area contributed by atoms with Crippen LogP contribution in [0.3, 0.4) is 0 Å². The lowest BCUT2D eigenvalue weighted by atomic mass is 10.1. The SMILES string of the molecule is O=C(O)N1c2ccccc2C(O)C1O. The zero-order valence-corrected chi connectivity index (χ0v) is 7.16. The maximum atomic E-state index is 10.8. The summed E-state index contributed by atoms with van der Waals surface area (Å²) in [5.41, 5.74) is 0.766. The summed E-state index contributed by atoms with van der Waals surface area (Å²) in [6.07, 6.45) is -3.85. The highest BCUT2D eigenvalue weighted by atomic mass is 16.4. The van der Waals surface area contributed by atoms with Crippen molar-refractivity contribution in [3.63, 3.8) is 0 Å². The second-order valence-electron chi connectivity index (χ2n) is 3.07. The molecule has 0 saturated carbocycles. The van der Waals surface area contributed by atoms with Gasteiger partial charge >= 0.3 is 6.09 Å². The van der Waals surface area contributed by atoms with Crippen LogP contribution >= 0.6 is 0 Å². The fraction of sp³-hybridized carbons (Fsp3) is 0.222. The average molecular weight is 195 g/mol. The first kappa shape index (κ1) is 8.98. The largest absolute Gasteiger partial charge is 0.465 e. The fourth-order valence-corrected chi connectivity index (χ4v) is 1.62. The quantitative estimate of drug-likeness (QED) is 0.564. The Bertz CT molecular complexity index is 379. The molecule has 14 heavy (non-hydrogen) atoms. The Morgan fingerprint density at radius 2 is 1.93 bits per heavy atom. The standard InChI is InChI=1S/C9H9NO4/c11-7-5-3-1-2-4-6(5)10(8(7)12)9(13)14/h1-4,7-8,11-12H,(H,13,14). The molecule has 3 N–H and O–H groups in total. The van der Waals surface area contributed by atoms with Gasteiger partial charge in [0.2, 0.25) is 0 Å². The Balaban J connectivity index is 2.53. The lowest BCUT2D eigenvalue weighted by molar-refractivity contribution is 0.0296. The molecule has 5 heteroatoms. The molecule has 1 heterocycles. The van der Waals surface area contributed by atoms with Crippen molar-refractivity contribution in [3.8, 4) is 0 Å². The Kier molecular flexibility index (Phi) is 1.90. The fourth-order valence-electron chi connectivity index (χ4n) is 1.62. The summed E-state index contributed by atoms with van der Waals surface area (Å²) in [4.78, 5) is 11.5. The monoisotopic (exact) mass is 195 g/mol. The van der Waals surface area contributed by atoms with Gasteiger partial charge in [-0.25, -0.2) is 9.69 Å². The highest BCUT2D eigenvalue weighted by Gasteiger charge is 2.39. The summed E-state index contributed by atoms with van der Waals surface area (Å²) >= 11 is 0. The normalized spacial score (nSPS) is 24.9. The molecule has 0 aliphatic carbocycles. The number of anilines is 1. The number of hydrogen-bond acceptors (Lipinski definition) is 3. The van der Waals surface area contributed by atoms with Gasteiger partial charge in [0.25, 0.3) is 0 Å². The van der Waals surface area contributed by atoms with Gasteiger partial charge in [-0.15, -0.1) is 0 Å². The number of aliphatic hydroxyl groups is 2. The maximum Gasteiger partial charge on any atom is 0.414 e. The van der Waals surface area contributed by atoms with E-state index in [-0.39, 0.29) is 0 Å². The van der Waals surface area contributed by atoms with Crippen molar-refractivity contribution in [2.45, 2.75) is 12.3 Å². The van der Waals surface area contributed by atoms with Crippen LogP contribution < -0.4 is 4.90 Å². The van der Waals surface area contributed by atoms with Crippen LogP contribution in [-0.2, 0) is 0 Å². The Labute approximate surface area is 79.8 Å². The average Bonchev–Trinajstić information content (AvgIpc) is 2.41. The third-order valence-electron chi connectivity index (χ3n) is 2.27. The Morgan fingerprint density at radius 1 is 1.29 bits per heavy atom. The first-order chi connectivity index (χ1) is 6.63. The number of fused-ring (bicyclic) bond motifs is 1. The van der Waals surface area contributed by atoms with Crippen molar-refractivity contribution in [1.82, 2.24) is 0 Å². The predicted molar refractivity (Wildman–Crippen MR) is 47.9 cm³/mol. The number of benzene rings is 1. The van der Waals surface area contributed by atoms with E-state index in [1.807, 2.05) is 0 Å². The van der Waals surface area contributed by atoms with Crippen LogP contribution in [0, 0.1) is 0 Å². The molecular formula is C9H9NO4. The summed E-state index contributed by atoms with van der Waals surface area (Å²) in [5, 5.41) is 27.8. The molecule has 2 rings (SSSR count). The number of rotatable bonds is 0. The highest BCUT2D eigenvalue weighted by Crippen LogP contribution is 2.37. The Morgan fingerprint density at radius 3 is 2.57 bits per heavy atom. The molecule has 1 amide bonds. The highest BCUT2D eigenvalue weighted by molar-refractivity contribution is 5.89. The van der Waals surface area contributed by atoms with E-state index < -0.39 is 18.4 Å². The van der Waals surface area contributed by atoms with Crippen LogP contribution in [0.2, 0.25) is 0 Å². The third-order valence-corrected chi connectivity index (χ3v) is 2.27. The lowest BCUT2D eigenvalue weighted by Crippen LogP contribution is -2.37. The summed E-state index contributed by atoms with van der Waals surface area (Å²) < 4.78 is 0. The molecule has 1 aliphatic heterocycles. The topological polar surface area (TPSA) is 81.0 Å². The minimum Gasteiger partial charge on any atom is -0.465 e. The van der Waals surface area contributed by atoms with E-state index in [9.17, 15) is 15.0 Å². The molecule has 5 nitrogen and oxygen atoms in total. The summed E-state index contributed by atoms with van der Waals surface area (Å²) in [6, 6.07) is 6.47. The van der Waals surface area contributed by atoms with Gasteiger partial charge in [-0.05, 0) is 6.07 Å². The van der Waals surface area contributed by atoms with Gasteiger partial charge in [-0.2, -0.15) is 0 Å². The smallest absolute Gasteiger partial charge is 0.414 e. The minimum atomic E-state index is -1.41. The molecule has 1 aromatic carbocycles. The first-order valence-electron chi connectivity index (χ1n) is 4.10. The van der Waals surface area contributed by atoms with E-state index in [0.717, 1.165) is 4.90 Å². The van der Waals surface area contributed by atoms with E-state index in [0.29, 0.717) is 11.3 Å². The van der Waals surface area contributed by atoms with Crippen molar-refractivity contribution in [1.29, 1.82) is 0 Å². The first-order valence-corrected chi connectivity index (χ1v) is 4.10. The van der Waals surface area contributed by atoms with Gasteiger partial charge in [-0.3, -0.25) is 0 Å². The number of carbonyl (C=O) groups is 1. The van der Waals surface area contributed by atoms with Crippen molar-refractivity contribution < 1.29 is 20.1 Å². The van der Waals surface area contributed by atoms with E-state index >= 15 is 0 Å². The van der Waals surface area contributed by atoms with Crippen LogP contribution in [0.15, 0.2) is 24.3 Å². The van der Waals surface area contributed by atoms with Gasteiger partial charge in [0.05, 0.1) is 5.69 Å². The van der Waals surface area contributed by atoms with E-state index in [1.54, 1.807) is 24.3 Å². The second kappa shape index (κ2) is 2.97. The number of amides is 1. The summed E-state index contributed by atoms with van der Waals surface area (Å²) in [6.45, 7) is 0. The van der Waals surface area contributed by atoms with Crippen LogP contribution in [0.5, 0.6) is 0 Å². The molecule has 1 aliphatic rings. The van der Waals surface area contributed by atoms with Crippen LogP contribution in [-0.4, -0.2) is 27.6 Å². The molecule has 0 aromatic heterocycles.